The van der Waals surface area contributed by atoms with E-state index < -0.39 is 0 Å². The summed E-state index contributed by atoms with van der Waals surface area (Å²) < 4.78 is 0. The molecule has 1 fully saturated rings. The highest BCUT2D eigenvalue weighted by Gasteiger charge is 2.35. The van der Waals surface area contributed by atoms with Gasteiger partial charge in [-0.05, 0) is 31.2 Å². The van der Waals surface area contributed by atoms with Gasteiger partial charge in [0.2, 0.25) is 5.91 Å². The molecule has 0 aliphatic carbocycles. The Morgan fingerprint density at radius 1 is 1.11 bits per heavy atom. The molecule has 0 spiro atoms. The molecule has 8 heteroatoms. The van der Waals surface area contributed by atoms with Crippen molar-refractivity contribution in [2.45, 2.75) is 11.8 Å². The van der Waals surface area contributed by atoms with E-state index in [2.05, 4.69) is 11.9 Å². The zero-order valence-corrected chi connectivity index (χ0v) is 16.6. The lowest BCUT2D eigenvalue weighted by Gasteiger charge is -2.16. The van der Waals surface area contributed by atoms with Crippen molar-refractivity contribution in [1.29, 1.82) is 0 Å². The summed E-state index contributed by atoms with van der Waals surface area (Å²) in [6, 6.07) is 7.79. The molecule has 2 aliphatic heterocycles. The quantitative estimate of drug-likeness (QED) is 0.625. The first kappa shape index (κ1) is 19.5. The van der Waals surface area contributed by atoms with Crippen LogP contribution in [0.1, 0.15) is 6.92 Å². The van der Waals surface area contributed by atoms with Gasteiger partial charge in [-0.3, -0.25) is 24.4 Å². The fourth-order valence-electron chi connectivity index (χ4n) is 2.61. The van der Waals surface area contributed by atoms with E-state index in [0.29, 0.717) is 5.57 Å². The molecule has 0 aromatic heterocycles. The molecule has 0 bridgehead atoms. The molecule has 1 aromatic carbocycles. The van der Waals surface area contributed by atoms with Crippen LogP contribution in [0.15, 0.2) is 76.5 Å². The second-order valence-electron chi connectivity index (χ2n) is 6.25. The predicted octanol–water partition coefficient (Wildman–Crippen LogP) is 2.38. The van der Waals surface area contributed by atoms with E-state index in [1.54, 1.807) is 33.3 Å². The van der Waals surface area contributed by atoms with Gasteiger partial charge < -0.3 is 10.2 Å². The van der Waals surface area contributed by atoms with Crippen LogP contribution in [0, 0.1) is 0 Å². The van der Waals surface area contributed by atoms with Crippen LogP contribution >= 0.6 is 11.8 Å². The molecule has 144 valence electrons. The summed E-state index contributed by atoms with van der Waals surface area (Å²) in [5, 5.41) is 5.99. The highest BCUT2D eigenvalue weighted by molar-refractivity contribution is 8.03. The summed E-state index contributed by atoms with van der Waals surface area (Å²) in [4.78, 5) is 39.0. The van der Waals surface area contributed by atoms with Gasteiger partial charge >= 0.3 is 0 Å². The van der Waals surface area contributed by atoms with Gasteiger partial charge in [0.15, 0.2) is 0 Å². The molecular formula is C20H20N4O3S. The molecule has 1 N–H and O–H groups in total. The lowest BCUT2D eigenvalue weighted by molar-refractivity contribution is -0.141. The van der Waals surface area contributed by atoms with Gasteiger partial charge in [0.1, 0.15) is 5.57 Å². The fraction of sp³-hybridized carbons (Fsp3) is 0.150. The van der Waals surface area contributed by atoms with Gasteiger partial charge in [-0.1, -0.05) is 30.5 Å². The number of likely N-dealkylation sites (N-methyl/N-ethyl adjacent to an activating group) is 2. The van der Waals surface area contributed by atoms with Gasteiger partial charge in [-0.2, -0.15) is 0 Å². The Kier molecular flexibility index (Phi) is 5.41. The second-order valence-corrected chi connectivity index (χ2v) is 7.31. The number of anilines is 1. The molecule has 7 nitrogen and oxygen atoms in total. The maximum Gasteiger partial charge on any atom is 0.277 e. The third-order valence-electron chi connectivity index (χ3n) is 4.29. The molecule has 3 rings (SSSR count). The minimum Gasteiger partial charge on any atom is -0.327 e. The van der Waals surface area contributed by atoms with Crippen LogP contribution in [0.4, 0.5) is 5.69 Å². The van der Waals surface area contributed by atoms with Crippen LogP contribution in [0.2, 0.25) is 0 Å². The number of thioether (sulfide) groups is 1. The first-order valence-corrected chi connectivity index (χ1v) is 9.30. The lowest BCUT2D eigenvalue weighted by Crippen LogP contribution is -2.33. The number of carbonyl (C=O) groups is 3. The summed E-state index contributed by atoms with van der Waals surface area (Å²) in [5.74, 6) is -0.960. The van der Waals surface area contributed by atoms with Crippen molar-refractivity contribution >= 4 is 35.2 Å². The number of rotatable bonds is 4. The van der Waals surface area contributed by atoms with Gasteiger partial charge in [-0.25, -0.2) is 0 Å². The largest absolute Gasteiger partial charge is 0.327 e. The monoisotopic (exact) mass is 396 g/mol. The van der Waals surface area contributed by atoms with E-state index in [4.69, 9.17) is 0 Å². The van der Waals surface area contributed by atoms with Crippen LogP contribution in [0.5, 0.6) is 0 Å². The van der Waals surface area contributed by atoms with E-state index >= 15 is 0 Å². The van der Waals surface area contributed by atoms with E-state index in [1.165, 1.54) is 34.1 Å². The SMILES string of the molecule is C=C(C)C(=O)N/C=C\N1C(=CC=C2C(=O)N(C)N(C)C2=O)Sc2ccccc21. The molecule has 3 amide bonds. The smallest absolute Gasteiger partial charge is 0.277 e. The Labute approximate surface area is 167 Å². The zero-order chi connectivity index (χ0) is 20.4. The van der Waals surface area contributed by atoms with Crippen molar-refractivity contribution in [1.82, 2.24) is 15.3 Å². The summed E-state index contributed by atoms with van der Waals surface area (Å²) in [7, 11) is 3.10. The number of carbonyl (C=O) groups excluding carboxylic acids is 3. The summed E-state index contributed by atoms with van der Waals surface area (Å²) >= 11 is 1.51. The number of nitrogens with one attached hydrogen (secondary N) is 1. The molecule has 2 heterocycles. The normalized spacial score (nSPS) is 17.8. The number of allylic oxidation sites excluding steroid dienone is 2. The van der Waals surface area contributed by atoms with Gasteiger partial charge in [-0.15, -0.1) is 0 Å². The number of fused-ring (bicyclic) bond motifs is 1. The number of benzene rings is 1. The maximum absolute atomic E-state index is 12.2. The first-order chi connectivity index (χ1) is 13.3. The number of hydrogen-bond donors (Lipinski definition) is 1. The van der Waals surface area contributed by atoms with Crippen molar-refractivity contribution < 1.29 is 14.4 Å². The molecule has 1 aromatic rings. The van der Waals surface area contributed by atoms with Crippen LogP contribution in [0.3, 0.4) is 0 Å². The molecule has 28 heavy (non-hydrogen) atoms. The van der Waals surface area contributed by atoms with Gasteiger partial charge in [0, 0.05) is 37.0 Å². The summed E-state index contributed by atoms with van der Waals surface area (Å²) in [6.07, 6.45) is 6.52. The lowest BCUT2D eigenvalue weighted by atomic mass is 10.2. The second kappa shape index (κ2) is 7.77. The summed E-state index contributed by atoms with van der Waals surface area (Å²) in [6.45, 7) is 5.23. The Morgan fingerprint density at radius 3 is 2.39 bits per heavy atom. The van der Waals surface area contributed by atoms with Crippen LogP contribution in [0.25, 0.3) is 0 Å². The molecule has 0 saturated carbocycles. The highest BCUT2D eigenvalue weighted by atomic mass is 32.2. The van der Waals surface area contributed by atoms with Crippen LogP contribution < -0.4 is 10.2 Å². The topological polar surface area (TPSA) is 73.0 Å². The zero-order valence-electron chi connectivity index (χ0n) is 15.8. The van der Waals surface area contributed by atoms with Crippen molar-refractivity contribution in [3.63, 3.8) is 0 Å². The third kappa shape index (κ3) is 3.59. The average Bonchev–Trinajstić information content (AvgIpc) is 3.11. The van der Waals surface area contributed by atoms with Gasteiger partial charge in [0.25, 0.3) is 11.8 Å². The molecule has 0 unspecified atom stereocenters. The Balaban J connectivity index is 1.90. The third-order valence-corrected chi connectivity index (χ3v) is 5.40. The van der Waals surface area contributed by atoms with E-state index in [9.17, 15) is 14.4 Å². The number of para-hydroxylation sites is 1. The summed E-state index contributed by atoms with van der Waals surface area (Å²) in [5.41, 5.74) is 1.46. The molecule has 0 atom stereocenters. The Morgan fingerprint density at radius 2 is 1.75 bits per heavy atom. The van der Waals surface area contributed by atoms with Crippen LogP contribution in [-0.2, 0) is 14.4 Å². The minimum absolute atomic E-state index is 0.105. The maximum atomic E-state index is 12.2. The fourth-order valence-corrected chi connectivity index (χ4v) is 3.65. The highest BCUT2D eigenvalue weighted by Crippen LogP contribution is 2.46. The van der Waals surface area contributed by atoms with E-state index in [1.807, 2.05) is 29.2 Å². The number of amides is 3. The van der Waals surface area contributed by atoms with E-state index in [-0.39, 0.29) is 23.3 Å². The minimum atomic E-state index is -0.347. The van der Waals surface area contributed by atoms with Crippen molar-refractivity contribution in [3.05, 3.63) is 71.6 Å². The average molecular weight is 396 g/mol. The van der Waals surface area contributed by atoms with E-state index in [0.717, 1.165) is 15.6 Å². The predicted molar refractivity (Wildman–Crippen MR) is 109 cm³/mol. The molecule has 0 radical (unpaired) electrons. The van der Waals surface area contributed by atoms with Crippen LogP contribution in [-0.4, -0.2) is 41.8 Å². The Bertz CT molecular complexity index is 942. The van der Waals surface area contributed by atoms with Crippen molar-refractivity contribution in [3.8, 4) is 0 Å². The molecular weight excluding hydrogens is 376 g/mol. The van der Waals surface area contributed by atoms with Crippen molar-refractivity contribution in [2.75, 3.05) is 19.0 Å². The number of hydrogen-bond acceptors (Lipinski definition) is 5. The standard InChI is InChI=1S/C20H20N4O3S/c1-13(2)18(25)21-11-12-24-15-7-5-6-8-16(15)28-17(24)10-9-14-19(26)22(3)23(4)20(14)27/h5-12H,1H2,2-4H3,(H,21,25)/b12-11-,17-10?. The molecule has 1 saturated heterocycles. The van der Waals surface area contributed by atoms with Crippen molar-refractivity contribution in [2.24, 2.45) is 0 Å². The number of hydrazine groups is 1. The number of nitrogens with zero attached hydrogens (tertiary/aromatic N) is 3. The van der Waals surface area contributed by atoms with Gasteiger partial charge in [0.05, 0.1) is 10.7 Å². The first-order valence-electron chi connectivity index (χ1n) is 8.48. The molecule has 2 aliphatic rings. The Hall–Kier alpha value is -3.26.